The molecule has 1 aliphatic heterocycles. The van der Waals surface area contributed by atoms with Gasteiger partial charge in [-0.15, -0.1) is 32.9 Å². The van der Waals surface area contributed by atoms with Crippen molar-refractivity contribution >= 4 is 34.4 Å². The molecule has 0 saturated heterocycles. The molecule has 1 N–H and O–H groups in total. The SMILES string of the molecule is Cc1sc2c(c1C)C(c1ccc(-c3nccs3)cc1)=N[C@@H](C(C)C(=O)O)c1nnc(C)n1-2. The number of thiazole rings is 1. The number of carbonyl (C=O) groups is 1. The van der Waals surface area contributed by atoms with Crippen molar-refractivity contribution in [2.24, 2.45) is 10.9 Å². The Morgan fingerprint density at radius 1 is 1.12 bits per heavy atom. The normalized spacial score (nSPS) is 16.1. The number of carboxylic acids is 1. The summed E-state index contributed by atoms with van der Waals surface area (Å²) in [4.78, 5) is 22.6. The Bertz CT molecular complexity index is 1350. The monoisotopic (exact) mass is 463 g/mol. The molecule has 0 fully saturated rings. The summed E-state index contributed by atoms with van der Waals surface area (Å²) in [6, 6.07) is 7.50. The number of rotatable bonds is 4. The molecule has 0 saturated carbocycles. The molecule has 0 aliphatic carbocycles. The topological polar surface area (TPSA) is 93.3 Å². The van der Waals surface area contributed by atoms with Crippen LogP contribution in [-0.2, 0) is 4.79 Å². The van der Waals surface area contributed by atoms with Crippen LogP contribution in [-0.4, -0.2) is 36.5 Å². The van der Waals surface area contributed by atoms with Crippen LogP contribution in [0.4, 0.5) is 0 Å². The molecule has 1 aromatic carbocycles. The minimum atomic E-state index is -0.914. The van der Waals surface area contributed by atoms with Crippen LogP contribution < -0.4 is 0 Å². The minimum Gasteiger partial charge on any atom is -0.481 e. The zero-order valence-electron chi connectivity index (χ0n) is 18.0. The molecule has 32 heavy (non-hydrogen) atoms. The van der Waals surface area contributed by atoms with Gasteiger partial charge in [-0.25, -0.2) is 4.98 Å². The van der Waals surface area contributed by atoms with Crippen LogP contribution in [0.5, 0.6) is 0 Å². The average molecular weight is 464 g/mol. The van der Waals surface area contributed by atoms with Gasteiger partial charge in [0.1, 0.15) is 21.9 Å². The summed E-state index contributed by atoms with van der Waals surface area (Å²) in [6.07, 6.45) is 1.79. The van der Waals surface area contributed by atoms with Crippen LogP contribution in [0, 0.1) is 26.7 Å². The first kappa shape index (κ1) is 20.7. The summed E-state index contributed by atoms with van der Waals surface area (Å²) < 4.78 is 1.98. The third kappa shape index (κ3) is 3.20. The van der Waals surface area contributed by atoms with Crippen LogP contribution in [0.25, 0.3) is 15.6 Å². The molecule has 4 heterocycles. The lowest BCUT2D eigenvalue weighted by atomic mass is 9.97. The molecule has 1 aliphatic rings. The summed E-state index contributed by atoms with van der Waals surface area (Å²) in [7, 11) is 0. The lowest BCUT2D eigenvalue weighted by molar-refractivity contribution is -0.141. The maximum absolute atomic E-state index is 11.9. The third-order valence-corrected chi connectivity index (χ3v) is 7.90. The van der Waals surface area contributed by atoms with E-state index < -0.39 is 17.9 Å². The molecule has 1 unspecified atom stereocenters. The molecule has 9 heteroatoms. The number of aryl methyl sites for hydroxylation is 2. The number of benzene rings is 1. The quantitative estimate of drug-likeness (QED) is 0.460. The van der Waals surface area contributed by atoms with Gasteiger partial charge in [0.05, 0.1) is 11.6 Å². The number of aliphatic carboxylic acids is 1. The molecule has 5 rings (SSSR count). The predicted octanol–water partition coefficient (Wildman–Crippen LogP) is 4.99. The van der Waals surface area contributed by atoms with Crippen LogP contribution >= 0.6 is 22.7 Å². The molecule has 2 atom stereocenters. The summed E-state index contributed by atoms with van der Waals surface area (Å²) >= 11 is 3.25. The number of carboxylic acid groups (broad SMARTS) is 1. The second kappa shape index (κ2) is 7.75. The number of aromatic nitrogens is 4. The summed E-state index contributed by atoms with van der Waals surface area (Å²) in [5, 5.41) is 22.3. The van der Waals surface area contributed by atoms with Crippen molar-refractivity contribution in [2.45, 2.75) is 33.7 Å². The third-order valence-electron chi connectivity index (χ3n) is 5.89. The summed E-state index contributed by atoms with van der Waals surface area (Å²) in [5.41, 5.74) is 4.91. The first-order valence-electron chi connectivity index (χ1n) is 10.2. The van der Waals surface area contributed by atoms with E-state index in [1.165, 1.54) is 4.88 Å². The molecule has 0 bridgehead atoms. The van der Waals surface area contributed by atoms with E-state index in [1.807, 2.05) is 41.1 Å². The first-order chi connectivity index (χ1) is 15.4. The lowest BCUT2D eigenvalue weighted by Crippen LogP contribution is -2.21. The van der Waals surface area contributed by atoms with Gasteiger partial charge in [0, 0.05) is 33.1 Å². The van der Waals surface area contributed by atoms with Crippen LogP contribution in [0.1, 0.15) is 46.2 Å². The number of aliphatic imine (C=N–C) groups is 1. The van der Waals surface area contributed by atoms with Crippen molar-refractivity contribution in [3.63, 3.8) is 0 Å². The average Bonchev–Trinajstić information content (AvgIpc) is 3.48. The molecule has 7 nitrogen and oxygen atoms in total. The van der Waals surface area contributed by atoms with Crippen LogP contribution in [0.15, 0.2) is 40.8 Å². The van der Waals surface area contributed by atoms with Gasteiger partial charge in [-0.3, -0.25) is 14.4 Å². The highest BCUT2D eigenvalue weighted by Gasteiger charge is 2.36. The fourth-order valence-corrected chi connectivity index (χ4v) is 5.81. The summed E-state index contributed by atoms with van der Waals surface area (Å²) in [6.45, 7) is 7.74. The van der Waals surface area contributed by atoms with Gasteiger partial charge in [0.2, 0.25) is 0 Å². The molecule has 0 amide bonds. The number of thiophene rings is 1. The Morgan fingerprint density at radius 3 is 2.50 bits per heavy atom. The Kier molecular flexibility index (Phi) is 5.02. The molecule has 0 radical (unpaired) electrons. The van der Waals surface area contributed by atoms with Crippen molar-refractivity contribution in [3.8, 4) is 15.6 Å². The number of nitrogens with zero attached hydrogens (tertiary/aromatic N) is 5. The van der Waals surface area contributed by atoms with Gasteiger partial charge in [0.15, 0.2) is 5.82 Å². The zero-order chi connectivity index (χ0) is 22.6. The van der Waals surface area contributed by atoms with Crippen molar-refractivity contribution in [3.05, 3.63) is 69.1 Å². The van der Waals surface area contributed by atoms with Gasteiger partial charge in [0.25, 0.3) is 0 Å². The van der Waals surface area contributed by atoms with Gasteiger partial charge >= 0.3 is 5.97 Å². The van der Waals surface area contributed by atoms with Crippen molar-refractivity contribution in [2.75, 3.05) is 0 Å². The van der Waals surface area contributed by atoms with E-state index in [1.54, 1.807) is 35.8 Å². The Hall–Kier alpha value is -3.17. The van der Waals surface area contributed by atoms with Gasteiger partial charge < -0.3 is 5.11 Å². The van der Waals surface area contributed by atoms with Gasteiger partial charge in [-0.1, -0.05) is 24.3 Å². The molecular weight excluding hydrogens is 442 g/mol. The highest BCUT2D eigenvalue weighted by Crippen LogP contribution is 2.40. The molecule has 3 aromatic heterocycles. The van der Waals surface area contributed by atoms with E-state index in [2.05, 4.69) is 29.0 Å². The standard InChI is InChI=1S/C23H21N5O2S2/c1-11-13(3)32-22-17(11)19(15-5-7-16(8-6-15)21-24-9-10-31-21)25-18(12(2)23(29)30)20-27-26-14(4)28(20)22/h5-10,12,18H,1-4H3,(H,29,30)/t12?,18-/m0/s1. The van der Waals surface area contributed by atoms with Crippen molar-refractivity contribution in [1.82, 2.24) is 19.7 Å². The van der Waals surface area contributed by atoms with E-state index in [4.69, 9.17) is 4.99 Å². The Labute approximate surface area is 193 Å². The molecular formula is C23H21N5O2S2. The van der Waals surface area contributed by atoms with E-state index in [-0.39, 0.29) is 0 Å². The van der Waals surface area contributed by atoms with Crippen molar-refractivity contribution < 1.29 is 9.90 Å². The largest absolute Gasteiger partial charge is 0.481 e. The fraction of sp³-hybridized carbons (Fsp3) is 0.261. The Balaban J connectivity index is 1.74. The smallest absolute Gasteiger partial charge is 0.308 e. The van der Waals surface area contributed by atoms with Crippen LogP contribution in [0.2, 0.25) is 0 Å². The van der Waals surface area contributed by atoms with Crippen molar-refractivity contribution in [1.29, 1.82) is 0 Å². The highest BCUT2D eigenvalue weighted by molar-refractivity contribution is 7.15. The lowest BCUT2D eigenvalue weighted by Gasteiger charge is -2.16. The number of hydrogen-bond acceptors (Lipinski definition) is 7. The molecule has 0 spiro atoms. The maximum atomic E-state index is 11.9. The first-order valence-corrected chi connectivity index (χ1v) is 11.9. The van der Waals surface area contributed by atoms with Gasteiger partial charge in [-0.2, -0.15) is 0 Å². The maximum Gasteiger partial charge on any atom is 0.308 e. The van der Waals surface area contributed by atoms with Gasteiger partial charge in [-0.05, 0) is 33.3 Å². The zero-order valence-corrected chi connectivity index (χ0v) is 19.7. The predicted molar refractivity (Wildman–Crippen MR) is 126 cm³/mol. The van der Waals surface area contributed by atoms with Crippen LogP contribution in [0.3, 0.4) is 0 Å². The van der Waals surface area contributed by atoms with E-state index in [9.17, 15) is 9.90 Å². The van der Waals surface area contributed by atoms with E-state index in [0.717, 1.165) is 43.8 Å². The number of fused-ring (bicyclic) bond motifs is 3. The summed E-state index contributed by atoms with van der Waals surface area (Å²) in [5.74, 6) is -0.380. The second-order valence-electron chi connectivity index (χ2n) is 7.87. The molecule has 4 aromatic rings. The minimum absolute atomic E-state index is 0.564. The Morgan fingerprint density at radius 2 is 1.84 bits per heavy atom. The van der Waals surface area contributed by atoms with E-state index in [0.29, 0.717) is 5.82 Å². The van der Waals surface area contributed by atoms with E-state index >= 15 is 0 Å². The number of hydrogen-bond donors (Lipinski definition) is 1. The molecule has 162 valence electrons. The fourth-order valence-electron chi connectivity index (χ4n) is 3.95. The second-order valence-corrected chi connectivity index (χ2v) is 9.97. The highest BCUT2D eigenvalue weighted by atomic mass is 32.1.